The third kappa shape index (κ3) is 6.90. The maximum Gasteiger partial charge on any atom is 0.303 e. The molecule has 146 valence electrons. The Labute approximate surface area is 169 Å². The minimum Gasteiger partial charge on any atom is -0.492 e. The van der Waals surface area contributed by atoms with Gasteiger partial charge in [-0.15, -0.1) is 0 Å². The third-order valence-corrected chi connectivity index (χ3v) is 5.06. The lowest BCUT2D eigenvalue weighted by Crippen LogP contribution is -2.06. The molecule has 27 heavy (non-hydrogen) atoms. The van der Waals surface area contributed by atoms with E-state index in [9.17, 15) is 4.79 Å². The lowest BCUT2D eigenvalue weighted by molar-refractivity contribution is -0.137. The minimum absolute atomic E-state index is 0.00250. The second-order valence-corrected chi connectivity index (χ2v) is 7.39. The summed E-state index contributed by atoms with van der Waals surface area (Å²) in [7, 11) is 0. The summed E-state index contributed by atoms with van der Waals surface area (Å²) in [6.07, 6.45) is 3.03. The molecule has 0 fully saturated rings. The zero-order chi connectivity index (χ0) is 19.6. The summed E-state index contributed by atoms with van der Waals surface area (Å²) in [5.41, 5.74) is 2.02. The van der Waals surface area contributed by atoms with Gasteiger partial charge in [0.15, 0.2) is 0 Å². The van der Waals surface area contributed by atoms with Gasteiger partial charge in [-0.1, -0.05) is 38.5 Å². The van der Waals surface area contributed by atoms with Crippen LogP contribution in [-0.2, 0) is 11.4 Å². The Balaban J connectivity index is 2.03. The molecule has 0 saturated heterocycles. The number of carboxylic acid groups (broad SMARTS) is 1. The van der Waals surface area contributed by atoms with Crippen LogP contribution in [-0.4, -0.2) is 17.7 Å². The summed E-state index contributed by atoms with van der Waals surface area (Å²) >= 11 is 3.52. The highest BCUT2D eigenvalue weighted by Gasteiger charge is 2.14. The maximum absolute atomic E-state index is 11.0. The quantitative estimate of drug-likeness (QED) is 0.429. The molecule has 2 rings (SSSR count). The van der Waals surface area contributed by atoms with E-state index in [1.807, 2.05) is 49.4 Å². The van der Waals surface area contributed by atoms with Gasteiger partial charge in [0.1, 0.15) is 18.1 Å². The fourth-order valence-electron chi connectivity index (χ4n) is 2.81. The van der Waals surface area contributed by atoms with Gasteiger partial charge in [-0.2, -0.15) is 0 Å². The second kappa shape index (κ2) is 11.0. The molecule has 0 aromatic heterocycles. The SMILES string of the molecule is CCCCOc1cc(COc2cccc([C@H](CC)CC(=O)O)c2)ccc1Br. The maximum atomic E-state index is 11.0. The number of ether oxygens (including phenoxy) is 2. The normalized spacial score (nSPS) is 11.8. The molecule has 0 amide bonds. The Hall–Kier alpha value is -2.01. The number of benzene rings is 2. The first-order valence-electron chi connectivity index (χ1n) is 9.39. The van der Waals surface area contributed by atoms with E-state index in [-0.39, 0.29) is 12.3 Å². The molecular formula is C22H27BrO4. The molecule has 0 spiro atoms. The van der Waals surface area contributed by atoms with Crippen molar-refractivity contribution in [2.24, 2.45) is 0 Å². The van der Waals surface area contributed by atoms with Crippen molar-refractivity contribution in [2.75, 3.05) is 6.61 Å². The van der Waals surface area contributed by atoms with Crippen molar-refractivity contribution in [3.8, 4) is 11.5 Å². The number of rotatable bonds is 11. The van der Waals surface area contributed by atoms with Gasteiger partial charge >= 0.3 is 5.97 Å². The molecule has 0 heterocycles. The third-order valence-electron chi connectivity index (χ3n) is 4.40. The van der Waals surface area contributed by atoms with Crippen LogP contribution in [0.25, 0.3) is 0 Å². The second-order valence-electron chi connectivity index (χ2n) is 6.53. The summed E-state index contributed by atoms with van der Waals surface area (Å²) in [5.74, 6) is 0.787. The molecule has 2 aromatic rings. The van der Waals surface area contributed by atoms with E-state index in [0.717, 1.165) is 46.4 Å². The summed E-state index contributed by atoms with van der Waals surface area (Å²) in [6.45, 7) is 5.26. The van der Waals surface area contributed by atoms with E-state index < -0.39 is 5.97 Å². The molecule has 0 aliphatic carbocycles. The molecule has 5 heteroatoms. The van der Waals surface area contributed by atoms with Gasteiger partial charge in [0, 0.05) is 0 Å². The lowest BCUT2D eigenvalue weighted by atomic mass is 9.93. The van der Waals surface area contributed by atoms with Crippen molar-refractivity contribution >= 4 is 21.9 Å². The van der Waals surface area contributed by atoms with Crippen molar-refractivity contribution in [3.63, 3.8) is 0 Å². The van der Waals surface area contributed by atoms with Crippen LogP contribution in [0.5, 0.6) is 11.5 Å². The fraction of sp³-hybridized carbons (Fsp3) is 0.409. The molecular weight excluding hydrogens is 408 g/mol. The van der Waals surface area contributed by atoms with Gasteiger partial charge in [-0.3, -0.25) is 4.79 Å². The Kier molecular flexibility index (Phi) is 8.65. The monoisotopic (exact) mass is 434 g/mol. The number of halogens is 1. The summed E-state index contributed by atoms with van der Waals surface area (Å²) in [5, 5.41) is 9.08. The zero-order valence-electron chi connectivity index (χ0n) is 15.9. The van der Waals surface area contributed by atoms with Gasteiger partial charge in [-0.05, 0) is 70.1 Å². The van der Waals surface area contributed by atoms with Crippen molar-refractivity contribution in [1.29, 1.82) is 0 Å². The number of hydrogen-bond acceptors (Lipinski definition) is 3. The standard InChI is InChI=1S/C22H27BrO4/c1-3-5-11-26-21-12-16(9-10-20(21)23)15-27-19-8-6-7-18(13-19)17(4-2)14-22(24)25/h6-10,12-13,17H,3-5,11,14-15H2,1-2H3,(H,24,25)/t17-/m1/s1. The predicted octanol–water partition coefficient (Wildman–Crippen LogP) is 6.18. The summed E-state index contributed by atoms with van der Waals surface area (Å²) in [4.78, 5) is 11.0. The highest BCUT2D eigenvalue weighted by Crippen LogP contribution is 2.29. The predicted molar refractivity (Wildman–Crippen MR) is 111 cm³/mol. The van der Waals surface area contributed by atoms with Crippen LogP contribution in [0.15, 0.2) is 46.9 Å². The molecule has 0 aliphatic heterocycles. The van der Waals surface area contributed by atoms with Crippen LogP contribution in [0.4, 0.5) is 0 Å². The Bertz CT molecular complexity index is 745. The van der Waals surface area contributed by atoms with Gasteiger partial charge in [0.25, 0.3) is 0 Å². The van der Waals surface area contributed by atoms with E-state index in [4.69, 9.17) is 14.6 Å². The Morgan fingerprint density at radius 3 is 2.67 bits per heavy atom. The van der Waals surface area contributed by atoms with E-state index >= 15 is 0 Å². The van der Waals surface area contributed by atoms with Gasteiger partial charge in [-0.25, -0.2) is 0 Å². The smallest absolute Gasteiger partial charge is 0.303 e. The minimum atomic E-state index is -0.779. The molecule has 1 N–H and O–H groups in total. The Morgan fingerprint density at radius 1 is 1.15 bits per heavy atom. The molecule has 0 bridgehead atoms. The fourth-order valence-corrected chi connectivity index (χ4v) is 3.17. The number of unbranched alkanes of at least 4 members (excludes halogenated alkanes) is 1. The van der Waals surface area contributed by atoms with Gasteiger partial charge in [0.2, 0.25) is 0 Å². The Morgan fingerprint density at radius 2 is 1.96 bits per heavy atom. The van der Waals surface area contributed by atoms with E-state index in [1.165, 1.54) is 0 Å². The van der Waals surface area contributed by atoms with Crippen LogP contribution in [0.3, 0.4) is 0 Å². The van der Waals surface area contributed by atoms with Crippen molar-refractivity contribution in [2.45, 2.75) is 52.1 Å². The average Bonchev–Trinajstić information content (AvgIpc) is 2.66. The van der Waals surface area contributed by atoms with Gasteiger partial charge < -0.3 is 14.6 Å². The molecule has 0 aliphatic rings. The van der Waals surface area contributed by atoms with Crippen LogP contribution in [0, 0.1) is 0 Å². The lowest BCUT2D eigenvalue weighted by Gasteiger charge is -2.15. The average molecular weight is 435 g/mol. The highest BCUT2D eigenvalue weighted by atomic mass is 79.9. The molecule has 0 radical (unpaired) electrons. The van der Waals surface area contributed by atoms with E-state index in [1.54, 1.807) is 0 Å². The van der Waals surface area contributed by atoms with E-state index in [2.05, 4.69) is 22.9 Å². The number of aliphatic carboxylic acids is 1. The number of carbonyl (C=O) groups is 1. The zero-order valence-corrected chi connectivity index (χ0v) is 17.5. The molecule has 0 saturated carbocycles. The topological polar surface area (TPSA) is 55.8 Å². The van der Waals surface area contributed by atoms with Crippen LogP contribution >= 0.6 is 15.9 Å². The highest BCUT2D eigenvalue weighted by molar-refractivity contribution is 9.10. The molecule has 4 nitrogen and oxygen atoms in total. The summed E-state index contributed by atoms with van der Waals surface area (Å²) < 4.78 is 12.7. The molecule has 2 aromatic carbocycles. The largest absolute Gasteiger partial charge is 0.492 e. The first kappa shape index (κ1) is 21.3. The number of carboxylic acids is 1. The van der Waals surface area contributed by atoms with Crippen molar-refractivity contribution in [3.05, 3.63) is 58.1 Å². The summed E-state index contributed by atoms with van der Waals surface area (Å²) in [6, 6.07) is 13.7. The number of hydrogen-bond donors (Lipinski definition) is 1. The first-order valence-corrected chi connectivity index (χ1v) is 10.2. The van der Waals surface area contributed by atoms with Gasteiger partial charge in [0.05, 0.1) is 17.5 Å². The van der Waals surface area contributed by atoms with Crippen LogP contribution < -0.4 is 9.47 Å². The van der Waals surface area contributed by atoms with Crippen LogP contribution in [0.2, 0.25) is 0 Å². The molecule has 1 atom stereocenters. The first-order chi connectivity index (χ1) is 13.0. The van der Waals surface area contributed by atoms with Crippen molar-refractivity contribution in [1.82, 2.24) is 0 Å². The van der Waals surface area contributed by atoms with Crippen molar-refractivity contribution < 1.29 is 19.4 Å². The van der Waals surface area contributed by atoms with Crippen LogP contribution in [0.1, 0.15) is 56.6 Å². The van der Waals surface area contributed by atoms with E-state index in [0.29, 0.717) is 13.2 Å². The molecule has 0 unspecified atom stereocenters.